The van der Waals surface area contributed by atoms with Crippen LogP contribution in [0.3, 0.4) is 0 Å². The summed E-state index contributed by atoms with van der Waals surface area (Å²) in [5, 5.41) is 6.86. The number of nitrogens with one attached hydrogen (secondary N) is 2. The molecule has 6 nitrogen and oxygen atoms in total. The minimum Gasteiger partial charge on any atom is -0.491 e. The molecule has 1 aromatic heterocycles. The maximum Gasteiger partial charge on any atom is 0.283 e. The van der Waals surface area contributed by atoms with Crippen molar-refractivity contribution in [1.29, 1.82) is 0 Å². The lowest BCUT2D eigenvalue weighted by Gasteiger charge is -2.09. The quantitative estimate of drug-likeness (QED) is 0.450. The third-order valence-electron chi connectivity index (χ3n) is 2.87. The van der Waals surface area contributed by atoms with E-state index in [0.29, 0.717) is 5.69 Å². The summed E-state index contributed by atoms with van der Waals surface area (Å²) >= 11 is 0. The number of nitrogen functional groups attached to an aromatic ring is 1. The molecule has 0 bridgehead atoms. The van der Waals surface area contributed by atoms with Gasteiger partial charge in [0, 0.05) is 11.1 Å². The van der Waals surface area contributed by atoms with Gasteiger partial charge in [0.05, 0.1) is 11.8 Å². The average Bonchev–Trinajstić information content (AvgIpc) is 2.80. The number of nitrogens with two attached hydrogens (primary N) is 1. The number of ether oxygens (including phenoxy) is 1. The summed E-state index contributed by atoms with van der Waals surface area (Å²) in [5.41, 5.74) is 4.84. The van der Waals surface area contributed by atoms with Crippen LogP contribution in [-0.4, -0.2) is 22.2 Å². The Labute approximate surface area is 117 Å². The highest BCUT2D eigenvalue weighted by molar-refractivity contribution is 5.94. The van der Waals surface area contributed by atoms with Gasteiger partial charge in [0.25, 0.3) is 5.91 Å². The van der Waals surface area contributed by atoms with Crippen molar-refractivity contribution >= 4 is 5.91 Å². The molecule has 0 fully saturated rings. The van der Waals surface area contributed by atoms with Gasteiger partial charge in [-0.15, -0.1) is 0 Å². The van der Waals surface area contributed by atoms with E-state index in [1.54, 1.807) is 0 Å². The molecule has 0 spiro atoms. The van der Waals surface area contributed by atoms with Crippen molar-refractivity contribution in [3.8, 4) is 17.0 Å². The highest BCUT2D eigenvalue weighted by Gasteiger charge is 2.16. The van der Waals surface area contributed by atoms with E-state index >= 15 is 0 Å². The molecule has 4 N–H and O–H groups in total. The predicted octanol–water partition coefficient (Wildman–Crippen LogP) is 1.78. The predicted molar refractivity (Wildman–Crippen MR) is 76.2 cm³/mol. The number of aromatic nitrogens is 2. The van der Waals surface area contributed by atoms with Gasteiger partial charge in [-0.25, -0.2) is 5.84 Å². The standard InChI is InChI=1S/C14H18N4O2/c1-8(2)20-11-6-4-10(5-7-11)12-9(3)13(18-17-12)14(19)16-15/h4-8H,15H2,1-3H3,(H,16,19)(H,17,18). The summed E-state index contributed by atoms with van der Waals surface area (Å²) in [5.74, 6) is 5.54. The highest BCUT2D eigenvalue weighted by Crippen LogP contribution is 2.25. The zero-order chi connectivity index (χ0) is 14.7. The molecule has 0 saturated carbocycles. The van der Waals surface area contributed by atoms with Crippen LogP contribution >= 0.6 is 0 Å². The van der Waals surface area contributed by atoms with Gasteiger partial charge in [-0.1, -0.05) is 0 Å². The second-order valence-corrected chi connectivity index (χ2v) is 4.74. The topological polar surface area (TPSA) is 93.0 Å². The first-order valence-electron chi connectivity index (χ1n) is 6.36. The van der Waals surface area contributed by atoms with Gasteiger partial charge in [0.2, 0.25) is 0 Å². The highest BCUT2D eigenvalue weighted by atomic mass is 16.5. The Hall–Kier alpha value is -2.34. The molecule has 0 aliphatic heterocycles. The van der Waals surface area contributed by atoms with E-state index in [2.05, 4.69) is 15.6 Å². The maximum atomic E-state index is 11.5. The molecular weight excluding hydrogens is 256 g/mol. The molecule has 2 rings (SSSR count). The minimum atomic E-state index is -0.388. The number of hydrogen-bond acceptors (Lipinski definition) is 4. The van der Waals surface area contributed by atoms with Crippen molar-refractivity contribution < 1.29 is 9.53 Å². The Bertz CT molecular complexity index is 602. The van der Waals surface area contributed by atoms with Crippen LogP contribution in [0.4, 0.5) is 0 Å². The summed E-state index contributed by atoms with van der Waals surface area (Å²) in [7, 11) is 0. The average molecular weight is 274 g/mol. The molecule has 106 valence electrons. The minimum absolute atomic E-state index is 0.132. The number of hydrazine groups is 1. The fraction of sp³-hybridized carbons (Fsp3) is 0.286. The number of carbonyl (C=O) groups excluding carboxylic acids is 1. The van der Waals surface area contributed by atoms with E-state index in [9.17, 15) is 4.79 Å². The summed E-state index contributed by atoms with van der Waals surface area (Å²) in [4.78, 5) is 11.5. The van der Waals surface area contributed by atoms with Crippen molar-refractivity contribution in [2.75, 3.05) is 0 Å². The molecule has 1 aromatic carbocycles. The number of aromatic amines is 1. The van der Waals surface area contributed by atoms with Gasteiger partial charge in [-0.2, -0.15) is 5.10 Å². The molecule has 0 aliphatic rings. The fourth-order valence-corrected chi connectivity index (χ4v) is 1.94. The van der Waals surface area contributed by atoms with E-state index in [1.165, 1.54) is 0 Å². The Balaban J connectivity index is 2.28. The molecule has 1 amide bonds. The third kappa shape index (κ3) is 2.80. The Kier molecular flexibility index (Phi) is 4.05. The summed E-state index contributed by atoms with van der Waals surface area (Å²) < 4.78 is 5.59. The third-order valence-corrected chi connectivity index (χ3v) is 2.87. The Morgan fingerprint density at radius 2 is 2.00 bits per heavy atom. The van der Waals surface area contributed by atoms with E-state index < -0.39 is 0 Å². The van der Waals surface area contributed by atoms with E-state index in [4.69, 9.17) is 10.6 Å². The van der Waals surface area contributed by atoms with Crippen molar-refractivity contribution in [2.45, 2.75) is 26.9 Å². The van der Waals surface area contributed by atoms with Crippen molar-refractivity contribution in [3.63, 3.8) is 0 Å². The number of benzene rings is 1. The van der Waals surface area contributed by atoms with E-state index in [0.717, 1.165) is 22.6 Å². The second kappa shape index (κ2) is 5.75. The van der Waals surface area contributed by atoms with Gasteiger partial charge in [0.15, 0.2) is 0 Å². The van der Waals surface area contributed by atoms with E-state index in [-0.39, 0.29) is 12.0 Å². The SMILES string of the molecule is Cc1c(-c2ccc(OC(C)C)cc2)n[nH]c1C(=O)NN. The molecular formula is C14H18N4O2. The van der Waals surface area contributed by atoms with Crippen LogP contribution in [0.15, 0.2) is 24.3 Å². The fourth-order valence-electron chi connectivity index (χ4n) is 1.94. The number of amides is 1. The lowest BCUT2D eigenvalue weighted by atomic mass is 10.1. The van der Waals surface area contributed by atoms with Crippen molar-refractivity contribution in [2.24, 2.45) is 5.84 Å². The molecule has 1 heterocycles. The molecule has 0 atom stereocenters. The Morgan fingerprint density at radius 3 is 2.55 bits per heavy atom. The van der Waals surface area contributed by atoms with Crippen LogP contribution in [0.5, 0.6) is 5.75 Å². The van der Waals surface area contributed by atoms with Gasteiger partial charge in [-0.3, -0.25) is 15.3 Å². The zero-order valence-electron chi connectivity index (χ0n) is 11.7. The van der Waals surface area contributed by atoms with Crippen molar-refractivity contribution in [3.05, 3.63) is 35.5 Å². The zero-order valence-corrected chi connectivity index (χ0v) is 11.7. The van der Waals surface area contributed by atoms with Crippen LogP contribution in [0.1, 0.15) is 29.9 Å². The maximum absolute atomic E-state index is 11.5. The number of rotatable bonds is 4. The lowest BCUT2D eigenvalue weighted by molar-refractivity contribution is 0.0948. The number of hydrogen-bond donors (Lipinski definition) is 3. The summed E-state index contributed by atoms with van der Waals surface area (Å²) in [6, 6.07) is 7.58. The summed E-state index contributed by atoms with van der Waals surface area (Å²) in [6.45, 7) is 5.77. The number of H-pyrrole nitrogens is 1. The van der Waals surface area contributed by atoms with Crippen LogP contribution in [0, 0.1) is 6.92 Å². The molecule has 2 aromatic rings. The monoisotopic (exact) mass is 274 g/mol. The largest absolute Gasteiger partial charge is 0.491 e. The van der Waals surface area contributed by atoms with Crippen LogP contribution in [0.2, 0.25) is 0 Å². The Morgan fingerprint density at radius 1 is 1.35 bits per heavy atom. The molecule has 0 saturated heterocycles. The molecule has 0 aliphatic carbocycles. The molecule has 0 radical (unpaired) electrons. The van der Waals surface area contributed by atoms with Crippen LogP contribution in [0.25, 0.3) is 11.3 Å². The molecule has 0 unspecified atom stereocenters. The van der Waals surface area contributed by atoms with Gasteiger partial charge in [0.1, 0.15) is 11.4 Å². The van der Waals surface area contributed by atoms with Gasteiger partial charge >= 0.3 is 0 Å². The van der Waals surface area contributed by atoms with E-state index in [1.807, 2.05) is 45.0 Å². The van der Waals surface area contributed by atoms with Crippen LogP contribution < -0.4 is 16.0 Å². The first-order valence-corrected chi connectivity index (χ1v) is 6.36. The van der Waals surface area contributed by atoms with Gasteiger partial charge in [-0.05, 0) is 45.0 Å². The smallest absolute Gasteiger partial charge is 0.283 e. The van der Waals surface area contributed by atoms with Crippen LogP contribution in [-0.2, 0) is 0 Å². The molecule has 20 heavy (non-hydrogen) atoms. The van der Waals surface area contributed by atoms with Crippen molar-refractivity contribution in [1.82, 2.24) is 15.6 Å². The number of nitrogens with zero attached hydrogens (tertiary/aromatic N) is 1. The van der Waals surface area contributed by atoms with Gasteiger partial charge < -0.3 is 4.74 Å². The molecule has 6 heteroatoms. The number of carbonyl (C=O) groups is 1. The lowest BCUT2D eigenvalue weighted by Crippen LogP contribution is -2.30. The summed E-state index contributed by atoms with van der Waals surface area (Å²) in [6.07, 6.45) is 0.132. The second-order valence-electron chi connectivity index (χ2n) is 4.74. The normalized spacial score (nSPS) is 10.7. The first kappa shape index (κ1) is 14.1. The first-order chi connectivity index (χ1) is 9.52.